The van der Waals surface area contributed by atoms with Gasteiger partial charge in [0.05, 0.1) is 5.75 Å². The monoisotopic (exact) mass is 161 g/mol. The molecule has 0 aliphatic heterocycles. The van der Waals surface area contributed by atoms with Crippen molar-refractivity contribution in [2.24, 2.45) is 0 Å². The Morgan fingerprint density at radius 3 is 2.60 bits per heavy atom. The molecule has 4 heteroatoms. The highest BCUT2D eigenvalue weighted by molar-refractivity contribution is 8.14. The van der Waals surface area contributed by atoms with E-state index in [2.05, 4.69) is 4.74 Å². The maximum Gasteiger partial charge on any atom is 0.316 e. The fourth-order valence-electron chi connectivity index (χ4n) is 0.326. The third-order valence-electron chi connectivity index (χ3n) is 0.643. The first-order valence-electron chi connectivity index (χ1n) is 2.77. The summed E-state index contributed by atoms with van der Waals surface area (Å²) >= 11 is 0.946. The van der Waals surface area contributed by atoms with Crippen LogP contribution in [-0.2, 0) is 14.3 Å². The number of ether oxygens (including phenoxy) is 1. The third-order valence-corrected chi connectivity index (χ3v) is 1.43. The molecule has 0 fully saturated rings. The van der Waals surface area contributed by atoms with Crippen LogP contribution in [0.1, 0.15) is 13.8 Å². The van der Waals surface area contributed by atoms with Gasteiger partial charge in [-0.3, -0.25) is 9.59 Å². The summed E-state index contributed by atoms with van der Waals surface area (Å²) < 4.78 is 4.46. The molecule has 3 nitrogen and oxygen atoms in total. The predicted octanol–water partition coefficient (Wildman–Crippen LogP) is 0.991. The molecule has 0 spiro atoms. The van der Waals surface area contributed by atoms with Crippen molar-refractivity contribution in [2.75, 3.05) is 5.75 Å². The molecule has 0 aromatic heterocycles. The zero-order valence-corrected chi connectivity index (χ0v) is 6.73. The van der Waals surface area contributed by atoms with E-state index in [1.165, 1.54) is 13.5 Å². The van der Waals surface area contributed by atoms with Crippen LogP contribution in [0.3, 0.4) is 0 Å². The number of esters is 1. The van der Waals surface area contributed by atoms with Crippen LogP contribution >= 0.6 is 11.8 Å². The van der Waals surface area contributed by atoms with Crippen LogP contribution in [0.2, 0.25) is 0 Å². The number of carbonyl (C=O) groups is 2. The van der Waals surface area contributed by atoms with Gasteiger partial charge in [-0.1, -0.05) is 11.8 Å². The van der Waals surface area contributed by atoms with Gasteiger partial charge in [-0.15, -0.1) is 0 Å². The highest BCUT2D eigenvalue weighted by Crippen LogP contribution is 2.01. The Hall–Kier alpha value is -0.510. The molecule has 10 heavy (non-hydrogen) atoms. The summed E-state index contributed by atoms with van der Waals surface area (Å²) in [5.41, 5.74) is 0. The van der Waals surface area contributed by atoms with Gasteiger partial charge in [0.15, 0.2) is 5.12 Å². The van der Waals surface area contributed by atoms with E-state index in [-0.39, 0.29) is 16.8 Å². The Labute approximate surface area is 64.1 Å². The molecular formula is C6H9O3S. The van der Waals surface area contributed by atoms with Crippen LogP contribution in [0, 0.1) is 6.61 Å². The lowest BCUT2D eigenvalue weighted by molar-refractivity contribution is -0.136. The second-order valence-corrected chi connectivity index (χ2v) is 2.66. The van der Waals surface area contributed by atoms with Crippen molar-refractivity contribution in [3.05, 3.63) is 6.61 Å². The summed E-state index contributed by atoms with van der Waals surface area (Å²) in [5.74, 6) is -0.289. The van der Waals surface area contributed by atoms with E-state index in [0.29, 0.717) is 0 Å². The van der Waals surface area contributed by atoms with Gasteiger partial charge in [0, 0.05) is 6.92 Å². The summed E-state index contributed by atoms with van der Waals surface area (Å²) in [6.07, 6.45) is 0. The minimum absolute atomic E-state index is 0.0759. The molecule has 0 amide bonds. The smallest absolute Gasteiger partial charge is 0.316 e. The molecule has 0 saturated heterocycles. The van der Waals surface area contributed by atoms with Gasteiger partial charge >= 0.3 is 5.97 Å². The van der Waals surface area contributed by atoms with Gasteiger partial charge in [0.1, 0.15) is 6.61 Å². The van der Waals surface area contributed by atoms with Crippen molar-refractivity contribution < 1.29 is 14.3 Å². The molecule has 0 saturated carbocycles. The lowest BCUT2D eigenvalue weighted by Crippen LogP contribution is -2.05. The number of hydrogen-bond acceptors (Lipinski definition) is 4. The van der Waals surface area contributed by atoms with Crippen LogP contribution in [0.5, 0.6) is 0 Å². The summed E-state index contributed by atoms with van der Waals surface area (Å²) in [5, 5.41) is -0.0759. The standard InChI is InChI=1S/C6H9O3S/c1-3-9-6(8)4-10-5(2)7/h3H,4H2,1-2H3. The Morgan fingerprint density at radius 2 is 2.20 bits per heavy atom. The van der Waals surface area contributed by atoms with Crippen LogP contribution in [-0.4, -0.2) is 16.8 Å². The minimum atomic E-state index is -0.386. The summed E-state index contributed by atoms with van der Waals surface area (Å²) in [7, 11) is 0. The summed E-state index contributed by atoms with van der Waals surface area (Å²) in [6, 6.07) is 0. The largest absolute Gasteiger partial charge is 0.458 e. The summed E-state index contributed by atoms with van der Waals surface area (Å²) in [6.45, 7) is 4.31. The number of carbonyl (C=O) groups excluding carboxylic acids is 2. The van der Waals surface area contributed by atoms with Crippen molar-refractivity contribution in [3.8, 4) is 0 Å². The van der Waals surface area contributed by atoms with Gasteiger partial charge in [-0.25, -0.2) is 0 Å². The first-order chi connectivity index (χ1) is 4.66. The number of rotatable bonds is 3. The normalized spacial score (nSPS) is 9.00. The third kappa shape index (κ3) is 5.62. The van der Waals surface area contributed by atoms with E-state index in [1.54, 1.807) is 6.92 Å². The molecule has 0 heterocycles. The molecule has 0 bridgehead atoms. The zero-order valence-electron chi connectivity index (χ0n) is 5.92. The lowest BCUT2D eigenvalue weighted by atomic mass is 10.8. The van der Waals surface area contributed by atoms with Crippen molar-refractivity contribution in [1.82, 2.24) is 0 Å². The van der Waals surface area contributed by atoms with Gasteiger partial charge in [0.25, 0.3) is 0 Å². The van der Waals surface area contributed by atoms with Gasteiger partial charge in [-0.05, 0) is 6.92 Å². The predicted molar refractivity (Wildman–Crippen MR) is 39.2 cm³/mol. The van der Waals surface area contributed by atoms with Crippen molar-refractivity contribution in [3.63, 3.8) is 0 Å². The molecule has 57 valence electrons. The maximum absolute atomic E-state index is 10.5. The fraction of sp³-hybridized carbons (Fsp3) is 0.500. The van der Waals surface area contributed by atoms with E-state index in [4.69, 9.17) is 0 Å². The lowest BCUT2D eigenvalue weighted by Gasteiger charge is -1.96. The maximum atomic E-state index is 10.5. The average molecular weight is 161 g/mol. The van der Waals surface area contributed by atoms with E-state index >= 15 is 0 Å². The van der Waals surface area contributed by atoms with Gasteiger partial charge < -0.3 is 4.74 Å². The zero-order chi connectivity index (χ0) is 7.98. The molecule has 0 aliphatic rings. The van der Waals surface area contributed by atoms with E-state index in [9.17, 15) is 9.59 Å². The van der Waals surface area contributed by atoms with Crippen LogP contribution in [0.4, 0.5) is 0 Å². The molecule has 0 unspecified atom stereocenters. The first kappa shape index (κ1) is 9.49. The number of thioether (sulfide) groups is 1. The highest BCUT2D eigenvalue weighted by Gasteiger charge is 2.03. The topological polar surface area (TPSA) is 43.4 Å². The summed E-state index contributed by atoms with van der Waals surface area (Å²) in [4.78, 5) is 20.8. The highest BCUT2D eigenvalue weighted by atomic mass is 32.2. The SMILES string of the molecule is C[CH]OC(=O)CSC(C)=O. The van der Waals surface area contributed by atoms with E-state index < -0.39 is 0 Å². The average Bonchev–Trinajstić information content (AvgIpc) is 1.85. The molecule has 0 aliphatic carbocycles. The molecule has 0 aromatic rings. The Balaban J connectivity index is 3.30. The van der Waals surface area contributed by atoms with Crippen molar-refractivity contribution in [1.29, 1.82) is 0 Å². The molecular weight excluding hydrogens is 152 g/mol. The Kier molecular flexibility index (Phi) is 5.02. The fourth-order valence-corrected chi connectivity index (χ4v) is 0.715. The first-order valence-corrected chi connectivity index (χ1v) is 3.76. The van der Waals surface area contributed by atoms with Crippen LogP contribution < -0.4 is 0 Å². The van der Waals surface area contributed by atoms with E-state index in [0.717, 1.165) is 11.8 Å². The molecule has 1 radical (unpaired) electrons. The molecule has 0 atom stereocenters. The van der Waals surface area contributed by atoms with Gasteiger partial charge in [-0.2, -0.15) is 0 Å². The molecule has 0 rings (SSSR count). The second-order valence-electron chi connectivity index (χ2n) is 1.51. The van der Waals surface area contributed by atoms with Crippen molar-refractivity contribution >= 4 is 22.8 Å². The minimum Gasteiger partial charge on any atom is -0.458 e. The van der Waals surface area contributed by atoms with Gasteiger partial charge in [0.2, 0.25) is 0 Å². The van der Waals surface area contributed by atoms with Crippen LogP contribution in [0.15, 0.2) is 0 Å². The second kappa shape index (κ2) is 5.29. The van der Waals surface area contributed by atoms with Crippen LogP contribution in [0.25, 0.3) is 0 Å². The van der Waals surface area contributed by atoms with E-state index in [1.807, 2.05) is 0 Å². The number of hydrogen-bond donors (Lipinski definition) is 0. The molecule has 0 N–H and O–H groups in total. The molecule has 0 aromatic carbocycles. The Bertz CT molecular complexity index is 133. The van der Waals surface area contributed by atoms with Crippen molar-refractivity contribution in [2.45, 2.75) is 13.8 Å². The quantitative estimate of drug-likeness (QED) is 0.579. The Morgan fingerprint density at radius 1 is 1.60 bits per heavy atom.